The molecule has 1 N–H and O–H groups in total. The summed E-state index contributed by atoms with van der Waals surface area (Å²) >= 11 is 0. The minimum atomic E-state index is 0.451. The average molecular weight is 401 g/mol. The Kier molecular flexibility index (Phi) is 6.51. The maximum atomic E-state index is 5.32. The zero-order valence-electron chi connectivity index (χ0n) is 18.3. The molecular weight excluding hydrogens is 368 g/mol. The number of benzene rings is 3. The van der Waals surface area contributed by atoms with Crippen LogP contribution in [0.25, 0.3) is 11.1 Å². The molecule has 3 aromatic carbocycles. The number of nitrogens with zero attached hydrogens (tertiary/aromatic N) is 1. The highest BCUT2D eigenvalue weighted by Crippen LogP contribution is 2.39. The van der Waals surface area contributed by atoms with Crippen molar-refractivity contribution in [2.75, 3.05) is 27.7 Å². The second kappa shape index (κ2) is 9.46. The minimum Gasteiger partial charge on any atom is -0.497 e. The Morgan fingerprint density at radius 2 is 1.63 bits per heavy atom. The van der Waals surface area contributed by atoms with Gasteiger partial charge in [-0.15, -0.1) is 0 Å². The molecule has 3 nitrogen and oxygen atoms in total. The van der Waals surface area contributed by atoms with Gasteiger partial charge in [0.2, 0.25) is 0 Å². The van der Waals surface area contributed by atoms with E-state index in [0.29, 0.717) is 12.0 Å². The molecule has 3 heteroatoms. The molecule has 0 amide bonds. The van der Waals surface area contributed by atoms with Gasteiger partial charge in [0.25, 0.3) is 0 Å². The fraction of sp³-hybridized carbons (Fsp3) is 0.333. The van der Waals surface area contributed by atoms with Gasteiger partial charge >= 0.3 is 0 Å². The van der Waals surface area contributed by atoms with Gasteiger partial charge in [-0.25, -0.2) is 0 Å². The van der Waals surface area contributed by atoms with Crippen LogP contribution in [0.3, 0.4) is 0 Å². The van der Waals surface area contributed by atoms with Gasteiger partial charge in [0.1, 0.15) is 5.75 Å². The van der Waals surface area contributed by atoms with Gasteiger partial charge in [-0.2, -0.15) is 0 Å². The molecule has 0 saturated carbocycles. The second-order valence-corrected chi connectivity index (χ2v) is 8.30. The molecule has 2 atom stereocenters. The number of ether oxygens (including phenoxy) is 1. The van der Waals surface area contributed by atoms with E-state index in [2.05, 4.69) is 90.1 Å². The third-order valence-corrected chi connectivity index (χ3v) is 6.45. The Morgan fingerprint density at radius 3 is 2.33 bits per heavy atom. The summed E-state index contributed by atoms with van der Waals surface area (Å²) in [6.45, 7) is 2.00. The van der Waals surface area contributed by atoms with Crippen LogP contribution >= 0.6 is 0 Å². The molecule has 1 aliphatic rings. The maximum Gasteiger partial charge on any atom is 0.118 e. The topological polar surface area (TPSA) is 24.5 Å². The number of piperidine rings is 1. The Bertz CT molecular complexity index is 949. The van der Waals surface area contributed by atoms with Crippen LogP contribution in [0.4, 0.5) is 0 Å². The van der Waals surface area contributed by atoms with E-state index in [0.717, 1.165) is 25.3 Å². The number of likely N-dealkylation sites (tertiary alicyclic amines) is 1. The lowest BCUT2D eigenvalue weighted by molar-refractivity contribution is 0.170. The summed E-state index contributed by atoms with van der Waals surface area (Å²) in [5, 5.41) is 3.28. The molecule has 156 valence electrons. The van der Waals surface area contributed by atoms with Crippen molar-refractivity contribution in [3.63, 3.8) is 0 Å². The molecule has 3 aromatic rings. The number of methoxy groups -OCH3 is 1. The van der Waals surface area contributed by atoms with Crippen LogP contribution in [0.5, 0.6) is 5.75 Å². The van der Waals surface area contributed by atoms with Crippen molar-refractivity contribution < 1.29 is 4.74 Å². The van der Waals surface area contributed by atoms with Crippen molar-refractivity contribution in [2.24, 2.45) is 0 Å². The molecule has 0 spiro atoms. The summed E-state index contributed by atoms with van der Waals surface area (Å²) in [7, 11) is 5.98. The van der Waals surface area contributed by atoms with Crippen molar-refractivity contribution in [1.82, 2.24) is 10.2 Å². The van der Waals surface area contributed by atoms with Crippen LogP contribution < -0.4 is 10.1 Å². The van der Waals surface area contributed by atoms with Gasteiger partial charge in [-0.1, -0.05) is 60.7 Å². The van der Waals surface area contributed by atoms with Gasteiger partial charge in [0.05, 0.1) is 7.11 Å². The quantitative estimate of drug-likeness (QED) is 0.580. The fourth-order valence-electron chi connectivity index (χ4n) is 4.68. The maximum absolute atomic E-state index is 5.32. The highest BCUT2D eigenvalue weighted by atomic mass is 16.5. The molecule has 2 unspecified atom stereocenters. The summed E-state index contributed by atoms with van der Waals surface area (Å²) in [5.74, 6) is 1.52. The van der Waals surface area contributed by atoms with Crippen molar-refractivity contribution >= 4 is 0 Å². The standard InChI is InChI=1S/C27H32N2O/c1-28-19-24-6-4-5-7-26(24)21-8-10-22(11-9-21)27-18-23(16-17-29(27)2)20-12-14-25(30-3)15-13-20/h4-15,23,27-28H,16-19H2,1-3H3. The molecule has 1 heterocycles. The second-order valence-electron chi connectivity index (χ2n) is 8.30. The zero-order valence-corrected chi connectivity index (χ0v) is 18.3. The third-order valence-electron chi connectivity index (χ3n) is 6.45. The van der Waals surface area contributed by atoms with Crippen molar-refractivity contribution in [3.8, 4) is 16.9 Å². The van der Waals surface area contributed by atoms with E-state index >= 15 is 0 Å². The first-order chi connectivity index (χ1) is 14.7. The van der Waals surface area contributed by atoms with E-state index in [1.807, 2.05) is 7.05 Å². The summed E-state index contributed by atoms with van der Waals surface area (Å²) in [5.41, 5.74) is 6.76. The number of nitrogens with one attached hydrogen (secondary N) is 1. The Morgan fingerprint density at radius 1 is 0.933 bits per heavy atom. The predicted octanol–water partition coefficient (Wildman–Crippen LogP) is 5.63. The lowest BCUT2D eigenvalue weighted by Crippen LogP contribution is -2.33. The smallest absolute Gasteiger partial charge is 0.118 e. The van der Waals surface area contributed by atoms with E-state index in [1.54, 1.807) is 7.11 Å². The van der Waals surface area contributed by atoms with E-state index in [1.165, 1.54) is 34.2 Å². The highest BCUT2D eigenvalue weighted by Gasteiger charge is 2.28. The first-order valence-corrected chi connectivity index (χ1v) is 10.9. The largest absolute Gasteiger partial charge is 0.497 e. The molecule has 1 fully saturated rings. The van der Waals surface area contributed by atoms with Crippen LogP contribution in [0.1, 0.15) is 41.5 Å². The Balaban J connectivity index is 1.54. The van der Waals surface area contributed by atoms with Crippen molar-refractivity contribution in [1.29, 1.82) is 0 Å². The summed E-state index contributed by atoms with van der Waals surface area (Å²) in [4.78, 5) is 2.50. The van der Waals surface area contributed by atoms with Gasteiger partial charge in [-0.05, 0) is 79.3 Å². The number of rotatable bonds is 6. The Labute approximate surface area is 180 Å². The third kappa shape index (κ3) is 4.43. The molecule has 0 aliphatic carbocycles. The van der Waals surface area contributed by atoms with Gasteiger partial charge in [0, 0.05) is 12.6 Å². The minimum absolute atomic E-state index is 0.451. The SMILES string of the molecule is CNCc1ccccc1-c1ccc(C2CC(c3ccc(OC)cc3)CCN2C)cc1. The van der Waals surface area contributed by atoms with E-state index in [4.69, 9.17) is 4.74 Å². The molecule has 1 aliphatic heterocycles. The molecule has 0 radical (unpaired) electrons. The first kappa shape index (κ1) is 20.6. The first-order valence-electron chi connectivity index (χ1n) is 10.9. The van der Waals surface area contributed by atoms with Crippen molar-refractivity contribution in [2.45, 2.75) is 31.3 Å². The van der Waals surface area contributed by atoms with Crippen molar-refractivity contribution in [3.05, 3.63) is 89.5 Å². The fourth-order valence-corrected chi connectivity index (χ4v) is 4.68. The van der Waals surface area contributed by atoms with Gasteiger partial charge in [0.15, 0.2) is 0 Å². The Hall–Kier alpha value is -2.62. The molecule has 30 heavy (non-hydrogen) atoms. The van der Waals surface area contributed by atoms with Crippen LogP contribution in [0, 0.1) is 0 Å². The van der Waals surface area contributed by atoms with Crippen LogP contribution in [-0.2, 0) is 6.54 Å². The monoisotopic (exact) mass is 400 g/mol. The number of hydrogen-bond donors (Lipinski definition) is 1. The van der Waals surface area contributed by atoms with E-state index < -0.39 is 0 Å². The van der Waals surface area contributed by atoms with Crippen LogP contribution in [0.2, 0.25) is 0 Å². The summed E-state index contributed by atoms with van der Waals surface area (Å²) < 4.78 is 5.32. The van der Waals surface area contributed by atoms with E-state index in [9.17, 15) is 0 Å². The van der Waals surface area contributed by atoms with Gasteiger partial charge in [-0.3, -0.25) is 4.90 Å². The number of hydrogen-bond acceptors (Lipinski definition) is 3. The summed E-state index contributed by atoms with van der Waals surface area (Å²) in [6, 6.07) is 26.9. The highest BCUT2D eigenvalue weighted by molar-refractivity contribution is 5.67. The molecule has 1 saturated heterocycles. The van der Waals surface area contributed by atoms with E-state index in [-0.39, 0.29) is 0 Å². The lowest BCUT2D eigenvalue weighted by Gasteiger charge is -2.38. The molecule has 0 aromatic heterocycles. The van der Waals surface area contributed by atoms with Crippen LogP contribution in [0.15, 0.2) is 72.8 Å². The van der Waals surface area contributed by atoms with Crippen LogP contribution in [-0.4, -0.2) is 32.6 Å². The average Bonchev–Trinajstić information content (AvgIpc) is 2.80. The predicted molar refractivity (Wildman–Crippen MR) is 125 cm³/mol. The normalized spacial score (nSPS) is 19.6. The summed E-state index contributed by atoms with van der Waals surface area (Å²) in [6.07, 6.45) is 2.35. The molecular formula is C27H32N2O. The molecule has 4 rings (SSSR count). The lowest BCUT2D eigenvalue weighted by atomic mass is 9.83. The van der Waals surface area contributed by atoms with Gasteiger partial charge < -0.3 is 10.1 Å². The zero-order chi connectivity index (χ0) is 20.9. The molecule has 0 bridgehead atoms.